The molecule has 0 fully saturated rings. The normalized spacial score (nSPS) is 12.3. The van der Waals surface area contributed by atoms with Crippen LogP contribution in [0.25, 0.3) is 21.3 Å². The smallest absolute Gasteiger partial charge is 0.339 e. The number of aromatic amines is 1. The lowest BCUT2D eigenvalue weighted by Gasteiger charge is -2.15. The van der Waals surface area contributed by atoms with Crippen LogP contribution < -0.4 is 10.3 Å². The first-order valence-corrected chi connectivity index (χ1v) is 14.2. The summed E-state index contributed by atoms with van der Waals surface area (Å²) >= 11 is 1.31. The topological polar surface area (TPSA) is 118 Å². The van der Waals surface area contributed by atoms with Gasteiger partial charge in [0.25, 0.3) is 15.6 Å². The fourth-order valence-electron chi connectivity index (χ4n) is 4.00. The largest absolute Gasteiger partial charge is 0.451 e. The number of anilines is 1. The van der Waals surface area contributed by atoms with Gasteiger partial charge in [0.2, 0.25) is 0 Å². The number of nitrogens with zero attached hydrogens (tertiary/aromatic N) is 1. The van der Waals surface area contributed by atoms with E-state index in [1.54, 1.807) is 13.8 Å². The second-order valence-corrected chi connectivity index (χ2v) is 11.3. The van der Waals surface area contributed by atoms with Gasteiger partial charge in [-0.25, -0.2) is 22.6 Å². The van der Waals surface area contributed by atoms with Crippen molar-refractivity contribution in [2.75, 3.05) is 4.72 Å². The molecule has 0 spiro atoms. The first-order chi connectivity index (χ1) is 18.6. The molecular formula is C28H22FN3O5S2. The van der Waals surface area contributed by atoms with Gasteiger partial charge in [0.05, 0.1) is 21.5 Å². The van der Waals surface area contributed by atoms with Gasteiger partial charge in [-0.05, 0) is 49.2 Å². The third kappa shape index (κ3) is 5.31. The second kappa shape index (κ2) is 10.4. The van der Waals surface area contributed by atoms with Crippen molar-refractivity contribution in [3.8, 4) is 11.1 Å². The first kappa shape index (κ1) is 26.3. The van der Waals surface area contributed by atoms with Crippen LogP contribution in [0.1, 0.15) is 34.8 Å². The minimum Gasteiger partial charge on any atom is -0.451 e. The van der Waals surface area contributed by atoms with E-state index >= 15 is 0 Å². The Morgan fingerprint density at radius 3 is 2.54 bits per heavy atom. The molecule has 0 saturated carbocycles. The van der Waals surface area contributed by atoms with E-state index in [9.17, 15) is 22.4 Å². The van der Waals surface area contributed by atoms with Crippen molar-refractivity contribution in [3.05, 3.63) is 111 Å². The number of carbonyl (C=O) groups is 1. The maximum atomic E-state index is 14.0. The number of para-hydroxylation sites is 1. The number of aromatic nitrogens is 2. The molecule has 2 aromatic heterocycles. The van der Waals surface area contributed by atoms with Crippen LogP contribution in [0.15, 0.2) is 87.9 Å². The Bertz CT molecular complexity index is 1870. The summed E-state index contributed by atoms with van der Waals surface area (Å²) in [6, 6.07) is 18.8. The average molecular weight is 564 g/mol. The first-order valence-electron chi connectivity index (χ1n) is 11.8. The maximum absolute atomic E-state index is 14.0. The number of ether oxygens (including phenoxy) is 1. The van der Waals surface area contributed by atoms with Crippen LogP contribution >= 0.6 is 11.3 Å². The predicted molar refractivity (Wildman–Crippen MR) is 148 cm³/mol. The molecule has 0 saturated heterocycles. The molecule has 2 heterocycles. The molecule has 1 unspecified atom stereocenters. The monoisotopic (exact) mass is 563 g/mol. The van der Waals surface area contributed by atoms with Gasteiger partial charge in [0.15, 0.2) is 11.9 Å². The van der Waals surface area contributed by atoms with Crippen molar-refractivity contribution in [2.24, 2.45) is 0 Å². The number of sulfonamides is 1. The average Bonchev–Trinajstić information content (AvgIpc) is 3.35. The Labute approximate surface area is 227 Å². The summed E-state index contributed by atoms with van der Waals surface area (Å²) in [5, 5.41) is 2.30. The Kier molecular flexibility index (Phi) is 7.02. The summed E-state index contributed by atoms with van der Waals surface area (Å²) in [6.45, 7) is 3.19. The number of aryl methyl sites for hydroxylation is 1. The number of rotatable bonds is 7. The lowest BCUT2D eigenvalue weighted by atomic mass is 10.1. The van der Waals surface area contributed by atoms with Crippen LogP contribution in [0.5, 0.6) is 0 Å². The molecule has 5 rings (SSSR count). The van der Waals surface area contributed by atoms with Gasteiger partial charge < -0.3 is 9.72 Å². The van der Waals surface area contributed by atoms with E-state index in [2.05, 4.69) is 14.7 Å². The number of benzene rings is 3. The number of hydrogen-bond donors (Lipinski definition) is 2. The zero-order valence-corrected chi connectivity index (χ0v) is 22.4. The zero-order valence-electron chi connectivity index (χ0n) is 20.8. The van der Waals surface area contributed by atoms with Gasteiger partial charge in [0, 0.05) is 10.9 Å². The van der Waals surface area contributed by atoms with Crippen molar-refractivity contribution in [3.63, 3.8) is 0 Å². The van der Waals surface area contributed by atoms with Crippen molar-refractivity contribution < 1.29 is 22.3 Å². The molecule has 0 aliphatic rings. The molecule has 0 bridgehead atoms. The summed E-state index contributed by atoms with van der Waals surface area (Å²) in [5.74, 6) is -1.38. The molecule has 2 N–H and O–H groups in total. The molecule has 0 amide bonds. The van der Waals surface area contributed by atoms with Crippen LogP contribution in [0, 0.1) is 12.7 Å². The minimum atomic E-state index is -4.20. The second-order valence-electron chi connectivity index (χ2n) is 8.76. The highest BCUT2D eigenvalue weighted by atomic mass is 32.2. The summed E-state index contributed by atoms with van der Waals surface area (Å²) in [4.78, 5) is 33.5. The molecule has 198 valence electrons. The number of esters is 1. The van der Waals surface area contributed by atoms with E-state index < -0.39 is 27.9 Å². The quantitative estimate of drug-likeness (QED) is 0.241. The van der Waals surface area contributed by atoms with Gasteiger partial charge in [-0.15, -0.1) is 11.3 Å². The molecule has 8 nitrogen and oxygen atoms in total. The van der Waals surface area contributed by atoms with E-state index in [-0.39, 0.29) is 27.5 Å². The summed E-state index contributed by atoms with van der Waals surface area (Å²) < 4.78 is 47.5. The van der Waals surface area contributed by atoms with Crippen LogP contribution in [-0.4, -0.2) is 24.4 Å². The van der Waals surface area contributed by atoms with Gasteiger partial charge in [0.1, 0.15) is 10.6 Å². The van der Waals surface area contributed by atoms with Gasteiger partial charge in [-0.3, -0.25) is 9.52 Å². The van der Waals surface area contributed by atoms with Gasteiger partial charge in [-0.1, -0.05) is 48.5 Å². The number of fused-ring (bicyclic) bond motifs is 1. The SMILES string of the molecule is Cc1ccc(S(=O)(=O)Nc2ccccc2F)cc1C(=O)OC(C)c1nc2scc(-c3ccccc3)c2c(=O)[nH]1. The van der Waals surface area contributed by atoms with Gasteiger partial charge >= 0.3 is 5.97 Å². The number of nitrogens with one attached hydrogen (secondary N) is 2. The number of halogens is 1. The molecule has 0 radical (unpaired) electrons. The van der Waals surface area contributed by atoms with Crippen LogP contribution in [0.4, 0.5) is 10.1 Å². The minimum absolute atomic E-state index is 0.00386. The number of hydrogen-bond acceptors (Lipinski definition) is 7. The van der Waals surface area contributed by atoms with Crippen LogP contribution in [0.3, 0.4) is 0 Å². The molecule has 11 heteroatoms. The van der Waals surface area contributed by atoms with Crippen LogP contribution in [-0.2, 0) is 14.8 Å². The molecule has 1 atom stereocenters. The standard InChI is InChI=1S/C28H22FN3O5S2/c1-16-12-13-19(39(35,36)32-23-11-7-6-10-22(23)29)14-20(16)28(34)37-17(2)25-30-26(33)24-21(15-38-27(24)31-25)18-8-4-3-5-9-18/h3-15,17,32H,1-2H3,(H,30,31,33). The third-order valence-corrected chi connectivity index (χ3v) is 8.31. The molecule has 39 heavy (non-hydrogen) atoms. The molecule has 5 aromatic rings. The Balaban J connectivity index is 1.40. The van der Waals surface area contributed by atoms with Crippen molar-refractivity contribution in [1.29, 1.82) is 0 Å². The molecular weight excluding hydrogens is 541 g/mol. The van der Waals surface area contributed by atoms with Crippen molar-refractivity contribution >= 4 is 43.2 Å². The Morgan fingerprint density at radius 1 is 1.08 bits per heavy atom. The highest BCUT2D eigenvalue weighted by molar-refractivity contribution is 7.92. The van der Waals surface area contributed by atoms with E-state index in [0.717, 1.165) is 17.2 Å². The predicted octanol–water partition coefficient (Wildman–Crippen LogP) is 5.82. The van der Waals surface area contributed by atoms with Gasteiger partial charge in [-0.2, -0.15) is 0 Å². The lowest BCUT2D eigenvalue weighted by molar-refractivity contribution is 0.0319. The summed E-state index contributed by atoms with van der Waals surface area (Å²) in [6.07, 6.45) is -0.937. The summed E-state index contributed by atoms with van der Waals surface area (Å²) in [5.41, 5.74) is 1.55. The maximum Gasteiger partial charge on any atom is 0.339 e. The van der Waals surface area contributed by atoms with E-state index in [1.807, 2.05) is 35.7 Å². The number of H-pyrrole nitrogens is 1. The number of thiophene rings is 1. The molecule has 3 aromatic carbocycles. The van der Waals surface area contributed by atoms with E-state index in [4.69, 9.17) is 4.74 Å². The number of carbonyl (C=O) groups excluding carboxylic acids is 1. The fraction of sp³-hybridized carbons (Fsp3) is 0.107. The van der Waals surface area contributed by atoms with Crippen LogP contribution in [0.2, 0.25) is 0 Å². The molecule has 0 aliphatic heterocycles. The zero-order chi connectivity index (χ0) is 27.7. The molecule has 0 aliphatic carbocycles. The lowest BCUT2D eigenvalue weighted by Crippen LogP contribution is -2.18. The van der Waals surface area contributed by atoms with E-state index in [1.165, 1.54) is 47.7 Å². The summed E-state index contributed by atoms with van der Waals surface area (Å²) in [7, 11) is -4.20. The van der Waals surface area contributed by atoms with E-state index in [0.29, 0.717) is 15.8 Å². The highest BCUT2D eigenvalue weighted by Gasteiger charge is 2.23. The van der Waals surface area contributed by atoms with Crippen molar-refractivity contribution in [2.45, 2.75) is 24.8 Å². The van der Waals surface area contributed by atoms with Crippen molar-refractivity contribution in [1.82, 2.24) is 9.97 Å². The Hall–Kier alpha value is -4.35. The fourth-order valence-corrected chi connectivity index (χ4v) is 6.05. The third-order valence-electron chi connectivity index (χ3n) is 6.07. The Morgan fingerprint density at radius 2 is 1.79 bits per heavy atom. The highest BCUT2D eigenvalue weighted by Crippen LogP contribution is 2.31.